The fourth-order valence-corrected chi connectivity index (χ4v) is 1.90. The van der Waals surface area contributed by atoms with Gasteiger partial charge in [0.2, 0.25) is 5.91 Å². The van der Waals surface area contributed by atoms with Gasteiger partial charge < -0.3 is 15.2 Å². The van der Waals surface area contributed by atoms with Crippen LogP contribution in [-0.2, 0) is 9.59 Å². The Morgan fingerprint density at radius 1 is 1.33 bits per heavy atom. The molecular weight excluding hydrogens is 294 g/mol. The summed E-state index contributed by atoms with van der Waals surface area (Å²) in [5, 5.41) is 11.8. The summed E-state index contributed by atoms with van der Waals surface area (Å²) in [5.41, 5.74) is 0. The molecule has 1 unspecified atom stereocenters. The number of nitrogens with one attached hydrogen (secondary N) is 1. The van der Waals surface area contributed by atoms with Crippen LogP contribution in [0, 0.1) is 0 Å². The molecule has 1 aromatic carbocycles. The maximum Gasteiger partial charge on any atom is 0.303 e. The summed E-state index contributed by atoms with van der Waals surface area (Å²) in [7, 11) is 0. The van der Waals surface area contributed by atoms with Gasteiger partial charge in [0, 0.05) is 17.9 Å². The van der Waals surface area contributed by atoms with E-state index in [1.54, 1.807) is 24.3 Å². The van der Waals surface area contributed by atoms with E-state index < -0.39 is 5.97 Å². The van der Waals surface area contributed by atoms with Crippen LogP contribution in [0.3, 0.4) is 0 Å². The van der Waals surface area contributed by atoms with E-state index >= 15 is 0 Å². The first-order valence-corrected chi connectivity index (χ1v) is 7.26. The largest absolute Gasteiger partial charge is 0.489 e. The van der Waals surface area contributed by atoms with Gasteiger partial charge in [-0.05, 0) is 38.0 Å². The van der Waals surface area contributed by atoms with E-state index in [0.29, 0.717) is 36.6 Å². The lowest BCUT2D eigenvalue weighted by molar-refractivity contribution is -0.137. The average molecular weight is 314 g/mol. The molecule has 5 nitrogen and oxygen atoms in total. The van der Waals surface area contributed by atoms with E-state index in [4.69, 9.17) is 21.4 Å². The van der Waals surface area contributed by atoms with Crippen molar-refractivity contribution in [1.29, 1.82) is 0 Å². The first-order chi connectivity index (χ1) is 9.97. The lowest BCUT2D eigenvalue weighted by atomic mass is 10.2. The van der Waals surface area contributed by atoms with Gasteiger partial charge in [0.05, 0.1) is 6.54 Å². The Balaban J connectivity index is 2.18. The van der Waals surface area contributed by atoms with Gasteiger partial charge in [0.15, 0.2) is 0 Å². The van der Waals surface area contributed by atoms with Crippen molar-refractivity contribution in [3.05, 3.63) is 29.3 Å². The summed E-state index contributed by atoms with van der Waals surface area (Å²) in [6.07, 6.45) is 1.34. The highest BCUT2D eigenvalue weighted by Crippen LogP contribution is 2.18. The van der Waals surface area contributed by atoms with E-state index in [1.807, 2.05) is 6.92 Å². The van der Waals surface area contributed by atoms with Crippen molar-refractivity contribution in [2.75, 3.05) is 6.54 Å². The van der Waals surface area contributed by atoms with Crippen molar-refractivity contribution >= 4 is 23.5 Å². The van der Waals surface area contributed by atoms with E-state index in [9.17, 15) is 9.59 Å². The Kier molecular flexibility index (Phi) is 7.61. The van der Waals surface area contributed by atoms with Gasteiger partial charge in [-0.2, -0.15) is 0 Å². The SMILES string of the molecule is CC(CNC(=O)CCCCC(=O)O)Oc1cccc(Cl)c1. The van der Waals surface area contributed by atoms with Crippen LogP contribution in [-0.4, -0.2) is 29.6 Å². The number of rotatable bonds is 9. The molecule has 0 saturated heterocycles. The second-order valence-electron chi connectivity index (χ2n) is 4.79. The predicted octanol–water partition coefficient (Wildman–Crippen LogP) is 2.87. The highest BCUT2D eigenvalue weighted by molar-refractivity contribution is 6.30. The van der Waals surface area contributed by atoms with E-state index in [1.165, 1.54) is 0 Å². The summed E-state index contributed by atoms with van der Waals surface area (Å²) >= 11 is 5.86. The Morgan fingerprint density at radius 3 is 2.71 bits per heavy atom. The Labute approximate surface area is 129 Å². The smallest absolute Gasteiger partial charge is 0.303 e. The molecule has 0 spiro atoms. The number of amides is 1. The number of carbonyl (C=O) groups is 2. The number of hydrogen-bond acceptors (Lipinski definition) is 3. The van der Waals surface area contributed by atoms with Crippen molar-refractivity contribution in [3.8, 4) is 5.75 Å². The standard InChI is InChI=1S/C15H20ClNO4/c1-11(21-13-6-4-5-12(16)9-13)10-17-14(18)7-2-3-8-15(19)20/h4-6,9,11H,2-3,7-8,10H2,1H3,(H,17,18)(H,19,20). The quantitative estimate of drug-likeness (QED) is 0.687. The number of halogens is 1. The lowest BCUT2D eigenvalue weighted by Gasteiger charge is -2.15. The normalized spacial score (nSPS) is 11.7. The highest BCUT2D eigenvalue weighted by Gasteiger charge is 2.07. The average Bonchev–Trinajstić information content (AvgIpc) is 2.41. The summed E-state index contributed by atoms with van der Waals surface area (Å²) < 4.78 is 5.63. The molecule has 0 radical (unpaired) electrons. The van der Waals surface area contributed by atoms with Crippen molar-refractivity contribution in [2.45, 2.75) is 38.7 Å². The number of benzene rings is 1. The Bertz CT molecular complexity index is 478. The summed E-state index contributed by atoms with van der Waals surface area (Å²) in [6.45, 7) is 2.25. The molecule has 6 heteroatoms. The predicted molar refractivity (Wildman–Crippen MR) is 80.7 cm³/mol. The van der Waals surface area contributed by atoms with Crippen LogP contribution in [0.1, 0.15) is 32.6 Å². The van der Waals surface area contributed by atoms with Crippen molar-refractivity contribution < 1.29 is 19.4 Å². The van der Waals surface area contributed by atoms with Gasteiger partial charge in [-0.3, -0.25) is 9.59 Å². The molecule has 2 N–H and O–H groups in total. The maximum absolute atomic E-state index is 11.6. The number of hydrogen-bond donors (Lipinski definition) is 2. The molecule has 1 amide bonds. The van der Waals surface area contributed by atoms with E-state index in [-0.39, 0.29) is 18.4 Å². The molecule has 1 atom stereocenters. The van der Waals surface area contributed by atoms with Gasteiger partial charge in [-0.15, -0.1) is 0 Å². The minimum absolute atomic E-state index is 0.0954. The summed E-state index contributed by atoms with van der Waals surface area (Å²) in [4.78, 5) is 21.9. The Morgan fingerprint density at radius 2 is 2.05 bits per heavy atom. The molecule has 0 aromatic heterocycles. The molecule has 0 heterocycles. The van der Waals surface area contributed by atoms with Gasteiger partial charge in [-0.1, -0.05) is 17.7 Å². The first-order valence-electron chi connectivity index (χ1n) is 6.88. The molecule has 21 heavy (non-hydrogen) atoms. The fraction of sp³-hybridized carbons (Fsp3) is 0.467. The molecule has 0 aliphatic carbocycles. The van der Waals surface area contributed by atoms with E-state index in [0.717, 1.165) is 0 Å². The number of unbranched alkanes of at least 4 members (excludes halogenated alkanes) is 1. The van der Waals surface area contributed by atoms with Crippen LogP contribution in [0.15, 0.2) is 24.3 Å². The van der Waals surface area contributed by atoms with Crippen LogP contribution >= 0.6 is 11.6 Å². The molecule has 116 valence electrons. The summed E-state index contributed by atoms with van der Waals surface area (Å²) in [6, 6.07) is 7.07. The monoisotopic (exact) mass is 313 g/mol. The molecular formula is C15H20ClNO4. The van der Waals surface area contributed by atoms with Crippen LogP contribution in [0.5, 0.6) is 5.75 Å². The zero-order valence-corrected chi connectivity index (χ0v) is 12.7. The number of ether oxygens (including phenoxy) is 1. The number of carboxylic acids is 1. The van der Waals surface area contributed by atoms with Crippen LogP contribution in [0.4, 0.5) is 0 Å². The zero-order chi connectivity index (χ0) is 15.7. The molecule has 0 aliphatic rings. The summed E-state index contributed by atoms with van der Waals surface area (Å²) in [5.74, 6) is -0.272. The van der Waals surface area contributed by atoms with Crippen molar-refractivity contribution in [2.24, 2.45) is 0 Å². The second kappa shape index (κ2) is 9.23. The van der Waals surface area contributed by atoms with Crippen molar-refractivity contribution in [3.63, 3.8) is 0 Å². The van der Waals surface area contributed by atoms with Crippen LogP contribution in [0.2, 0.25) is 5.02 Å². The van der Waals surface area contributed by atoms with Gasteiger partial charge in [0.25, 0.3) is 0 Å². The van der Waals surface area contributed by atoms with Gasteiger partial charge in [0.1, 0.15) is 11.9 Å². The second-order valence-corrected chi connectivity index (χ2v) is 5.23. The molecule has 0 aliphatic heterocycles. The van der Waals surface area contributed by atoms with Crippen LogP contribution < -0.4 is 10.1 Å². The van der Waals surface area contributed by atoms with Gasteiger partial charge in [-0.25, -0.2) is 0 Å². The lowest BCUT2D eigenvalue weighted by Crippen LogP contribution is -2.33. The molecule has 1 rings (SSSR count). The minimum atomic E-state index is -0.834. The first kappa shape index (κ1) is 17.3. The highest BCUT2D eigenvalue weighted by atomic mass is 35.5. The molecule has 1 aromatic rings. The number of carboxylic acid groups (broad SMARTS) is 1. The molecule has 0 fully saturated rings. The number of carbonyl (C=O) groups excluding carboxylic acids is 1. The third kappa shape index (κ3) is 8.19. The number of aliphatic carboxylic acids is 1. The van der Waals surface area contributed by atoms with Crippen LogP contribution in [0.25, 0.3) is 0 Å². The van der Waals surface area contributed by atoms with E-state index in [2.05, 4.69) is 5.32 Å². The molecule has 0 saturated carbocycles. The fourth-order valence-electron chi connectivity index (χ4n) is 1.72. The topological polar surface area (TPSA) is 75.6 Å². The molecule has 0 bridgehead atoms. The van der Waals surface area contributed by atoms with Gasteiger partial charge >= 0.3 is 5.97 Å². The minimum Gasteiger partial charge on any atom is -0.489 e. The zero-order valence-electron chi connectivity index (χ0n) is 12.0. The van der Waals surface area contributed by atoms with Crippen molar-refractivity contribution in [1.82, 2.24) is 5.32 Å². The maximum atomic E-state index is 11.6. The third-order valence-electron chi connectivity index (χ3n) is 2.76. The Hall–Kier alpha value is -1.75. The third-order valence-corrected chi connectivity index (χ3v) is 3.00.